The third-order valence-corrected chi connectivity index (χ3v) is 3.96. The van der Waals surface area contributed by atoms with Crippen molar-refractivity contribution in [2.45, 2.75) is 46.3 Å². The number of ether oxygens (including phenoxy) is 1. The third kappa shape index (κ3) is 5.51. The first-order valence-electron chi connectivity index (χ1n) is 7.50. The highest BCUT2D eigenvalue weighted by Crippen LogP contribution is 2.16. The van der Waals surface area contributed by atoms with Gasteiger partial charge in [0.1, 0.15) is 5.75 Å². The second-order valence-corrected chi connectivity index (χ2v) is 6.04. The number of nitrogens with zero attached hydrogens (tertiary/aromatic N) is 1. The Balaban J connectivity index is 2.49. The highest BCUT2D eigenvalue weighted by atomic mass is 16.5. The van der Waals surface area contributed by atoms with Crippen LogP contribution in [-0.2, 0) is 6.54 Å². The zero-order valence-electron chi connectivity index (χ0n) is 13.8. The van der Waals surface area contributed by atoms with E-state index in [2.05, 4.69) is 57.1 Å². The first-order chi connectivity index (χ1) is 9.43. The van der Waals surface area contributed by atoms with Gasteiger partial charge in [-0.3, -0.25) is 4.90 Å². The fourth-order valence-electron chi connectivity index (χ4n) is 2.19. The molecule has 1 aromatic rings. The van der Waals surface area contributed by atoms with Crippen molar-refractivity contribution >= 4 is 0 Å². The molecule has 3 nitrogen and oxygen atoms in total. The van der Waals surface area contributed by atoms with E-state index in [1.54, 1.807) is 7.11 Å². The lowest BCUT2D eigenvalue weighted by molar-refractivity contribution is 0.187. The minimum absolute atomic E-state index is 0.545. The molecule has 0 saturated carbocycles. The zero-order valence-corrected chi connectivity index (χ0v) is 13.8. The Hall–Kier alpha value is -1.06. The molecule has 0 aliphatic heterocycles. The molecule has 1 N–H and O–H groups in total. The van der Waals surface area contributed by atoms with Gasteiger partial charge in [0.25, 0.3) is 0 Å². The lowest BCUT2D eigenvalue weighted by Crippen LogP contribution is -2.40. The summed E-state index contributed by atoms with van der Waals surface area (Å²) < 4.78 is 5.19. The molecule has 1 rings (SSSR count). The van der Waals surface area contributed by atoms with Crippen molar-refractivity contribution in [1.29, 1.82) is 0 Å². The van der Waals surface area contributed by atoms with Crippen molar-refractivity contribution < 1.29 is 4.74 Å². The highest BCUT2D eigenvalue weighted by molar-refractivity contribution is 5.27. The van der Waals surface area contributed by atoms with Gasteiger partial charge >= 0.3 is 0 Å². The molecule has 0 aliphatic rings. The fourth-order valence-corrected chi connectivity index (χ4v) is 2.19. The molecule has 0 amide bonds. The summed E-state index contributed by atoms with van der Waals surface area (Å²) in [4.78, 5) is 2.41. The van der Waals surface area contributed by atoms with Crippen molar-refractivity contribution in [3.8, 4) is 5.75 Å². The number of rotatable bonds is 8. The molecule has 0 radical (unpaired) electrons. The molecule has 0 saturated heterocycles. The number of hydrogen-bond acceptors (Lipinski definition) is 3. The Morgan fingerprint density at radius 1 is 1.10 bits per heavy atom. The Bertz CT molecular complexity index is 375. The van der Waals surface area contributed by atoms with Gasteiger partial charge in [-0.1, -0.05) is 32.9 Å². The summed E-state index contributed by atoms with van der Waals surface area (Å²) >= 11 is 0. The Morgan fingerprint density at radius 3 is 2.20 bits per heavy atom. The van der Waals surface area contributed by atoms with E-state index < -0.39 is 0 Å². The number of nitrogens with one attached hydrogen (secondary N) is 1. The van der Waals surface area contributed by atoms with Crippen LogP contribution in [-0.4, -0.2) is 37.7 Å². The molecule has 0 aromatic heterocycles. The maximum atomic E-state index is 5.19. The van der Waals surface area contributed by atoms with Crippen molar-refractivity contribution in [2.75, 3.05) is 20.7 Å². The maximum absolute atomic E-state index is 5.19. The smallest absolute Gasteiger partial charge is 0.118 e. The van der Waals surface area contributed by atoms with Gasteiger partial charge in [0.2, 0.25) is 0 Å². The molecule has 1 aromatic carbocycles. The predicted octanol–water partition coefficient (Wildman–Crippen LogP) is 3.15. The predicted molar refractivity (Wildman–Crippen MR) is 86.2 cm³/mol. The number of methoxy groups -OCH3 is 1. The summed E-state index contributed by atoms with van der Waals surface area (Å²) in [6, 6.07) is 9.42. The molecule has 0 aliphatic carbocycles. The van der Waals surface area contributed by atoms with E-state index in [1.165, 1.54) is 5.56 Å². The molecular weight excluding hydrogens is 248 g/mol. The van der Waals surface area contributed by atoms with Gasteiger partial charge < -0.3 is 10.1 Å². The van der Waals surface area contributed by atoms with Crippen molar-refractivity contribution in [3.05, 3.63) is 29.8 Å². The van der Waals surface area contributed by atoms with E-state index in [0.29, 0.717) is 18.0 Å². The van der Waals surface area contributed by atoms with E-state index in [0.717, 1.165) is 18.8 Å². The lowest BCUT2D eigenvalue weighted by Gasteiger charge is -2.30. The largest absolute Gasteiger partial charge is 0.497 e. The van der Waals surface area contributed by atoms with Crippen LogP contribution in [0.25, 0.3) is 0 Å². The summed E-state index contributed by atoms with van der Waals surface area (Å²) in [5.74, 6) is 1.54. The van der Waals surface area contributed by atoms with Crippen LogP contribution in [0.5, 0.6) is 5.75 Å². The number of benzene rings is 1. The van der Waals surface area contributed by atoms with Crippen LogP contribution >= 0.6 is 0 Å². The Labute approximate surface area is 124 Å². The average molecular weight is 278 g/mol. The molecule has 2 unspecified atom stereocenters. The molecule has 0 spiro atoms. The van der Waals surface area contributed by atoms with Gasteiger partial charge in [-0.05, 0) is 44.1 Å². The van der Waals surface area contributed by atoms with E-state index in [1.807, 2.05) is 12.1 Å². The number of hydrogen-bond donors (Lipinski definition) is 1. The normalized spacial score (nSPS) is 14.6. The Morgan fingerprint density at radius 2 is 1.70 bits per heavy atom. The molecule has 20 heavy (non-hydrogen) atoms. The topological polar surface area (TPSA) is 24.5 Å². The summed E-state index contributed by atoms with van der Waals surface area (Å²) in [5.41, 5.74) is 1.32. The molecule has 2 atom stereocenters. The van der Waals surface area contributed by atoms with Gasteiger partial charge in [0.15, 0.2) is 0 Å². The highest BCUT2D eigenvalue weighted by Gasteiger charge is 2.17. The van der Waals surface area contributed by atoms with E-state index >= 15 is 0 Å². The van der Waals surface area contributed by atoms with Crippen LogP contribution in [0.1, 0.15) is 33.3 Å². The van der Waals surface area contributed by atoms with Crippen LogP contribution in [0, 0.1) is 5.92 Å². The van der Waals surface area contributed by atoms with Crippen LogP contribution in [0.3, 0.4) is 0 Å². The van der Waals surface area contributed by atoms with Crippen LogP contribution in [0.4, 0.5) is 0 Å². The molecule has 0 heterocycles. The van der Waals surface area contributed by atoms with Gasteiger partial charge in [-0.2, -0.15) is 0 Å². The van der Waals surface area contributed by atoms with Crippen LogP contribution in [0.15, 0.2) is 24.3 Å². The van der Waals surface area contributed by atoms with Crippen LogP contribution in [0.2, 0.25) is 0 Å². The van der Waals surface area contributed by atoms with Gasteiger partial charge in [0.05, 0.1) is 7.11 Å². The van der Waals surface area contributed by atoms with E-state index in [9.17, 15) is 0 Å². The second kappa shape index (κ2) is 8.28. The standard InChI is InChI=1S/C17H30N2O/c1-13(2)18-11-14(3)15(4)19(5)12-16-7-9-17(20-6)10-8-16/h7-10,13-15,18H,11-12H2,1-6H3. The molecule has 0 fully saturated rings. The summed E-state index contributed by atoms with van der Waals surface area (Å²) in [7, 11) is 3.90. The summed E-state index contributed by atoms with van der Waals surface area (Å²) in [6.07, 6.45) is 0. The first-order valence-corrected chi connectivity index (χ1v) is 7.50. The van der Waals surface area contributed by atoms with Gasteiger partial charge in [-0.15, -0.1) is 0 Å². The fraction of sp³-hybridized carbons (Fsp3) is 0.647. The second-order valence-electron chi connectivity index (χ2n) is 6.04. The maximum Gasteiger partial charge on any atom is 0.118 e. The summed E-state index contributed by atoms with van der Waals surface area (Å²) in [5, 5.41) is 3.52. The van der Waals surface area contributed by atoms with E-state index in [-0.39, 0.29) is 0 Å². The molecular formula is C17H30N2O. The zero-order chi connectivity index (χ0) is 15.1. The van der Waals surface area contributed by atoms with Gasteiger partial charge in [-0.25, -0.2) is 0 Å². The Kier molecular flexibility index (Phi) is 7.03. The third-order valence-electron chi connectivity index (χ3n) is 3.96. The van der Waals surface area contributed by atoms with Crippen molar-refractivity contribution in [2.24, 2.45) is 5.92 Å². The van der Waals surface area contributed by atoms with E-state index in [4.69, 9.17) is 4.74 Å². The van der Waals surface area contributed by atoms with Gasteiger partial charge in [0, 0.05) is 18.6 Å². The van der Waals surface area contributed by atoms with Crippen molar-refractivity contribution in [3.63, 3.8) is 0 Å². The summed E-state index contributed by atoms with van der Waals surface area (Å²) in [6.45, 7) is 11.0. The minimum atomic E-state index is 0.545. The monoisotopic (exact) mass is 278 g/mol. The molecule has 114 valence electrons. The lowest BCUT2D eigenvalue weighted by atomic mass is 10.0. The molecule has 3 heteroatoms. The minimum Gasteiger partial charge on any atom is -0.497 e. The quantitative estimate of drug-likeness (QED) is 0.790. The SMILES string of the molecule is COc1ccc(CN(C)C(C)C(C)CNC(C)C)cc1. The first kappa shape index (κ1) is 17.0. The van der Waals surface area contributed by atoms with Crippen LogP contribution < -0.4 is 10.1 Å². The van der Waals surface area contributed by atoms with Crippen molar-refractivity contribution in [1.82, 2.24) is 10.2 Å². The average Bonchev–Trinajstić information content (AvgIpc) is 2.44. The molecule has 0 bridgehead atoms.